The summed E-state index contributed by atoms with van der Waals surface area (Å²) < 4.78 is 5.52. The lowest BCUT2D eigenvalue weighted by Crippen LogP contribution is -2.63. The van der Waals surface area contributed by atoms with E-state index in [-0.39, 0.29) is 11.9 Å². The zero-order valence-electron chi connectivity index (χ0n) is 6.49. The molecule has 2 nitrogen and oxygen atoms in total. The van der Waals surface area contributed by atoms with E-state index in [0.717, 1.165) is 12.0 Å². The summed E-state index contributed by atoms with van der Waals surface area (Å²) in [6.45, 7) is 0. The van der Waals surface area contributed by atoms with Gasteiger partial charge in [-0.25, -0.2) is 0 Å². The molecule has 0 amide bonds. The first-order valence-electron chi connectivity index (χ1n) is 4.12. The predicted octanol–water partition coefficient (Wildman–Crippen LogP) is 1.15. The van der Waals surface area contributed by atoms with Crippen molar-refractivity contribution in [3.8, 4) is 0 Å². The Morgan fingerprint density at radius 1 is 1.50 bits per heavy atom. The number of hydrogen-bond acceptors (Lipinski definition) is 2. The first kappa shape index (κ1) is 6.38. The van der Waals surface area contributed by atoms with Gasteiger partial charge in [-0.1, -0.05) is 24.3 Å². The van der Waals surface area contributed by atoms with Gasteiger partial charge in [-0.3, -0.25) is 4.79 Å². The highest BCUT2D eigenvalue weighted by atomic mass is 16.6. The Morgan fingerprint density at radius 2 is 2.42 bits per heavy atom. The highest BCUT2D eigenvalue weighted by Gasteiger charge is 2.57. The average molecular weight is 160 g/mol. The van der Waals surface area contributed by atoms with E-state index < -0.39 is 5.60 Å². The predicted molar refractivity (Wildman–Crippen MR) is 43.6 cm³/mol. The summed E-state index contributed by atoms with van der Waals surface area (Å²) in [6.07, 6.45) is 10.3. The van der Waals surface area contributed by atoms with Crippen LogP contribution in [0.4, 0.5) is 0 Å². The van der Waals surface area contributed by atoms with E-state index in [1.807, 2.05) is 24.3 Å². The van der Waals surface area contributed by atoms with Gasteiger partial charge < -0.3 is 4.74 Å². The monoisotopic (exact) mass is 160 g/mol. The zero-order valence-corrected chi connectivity index (χ0v) is 6.49. The molecule has 2 atom stereocenters. The molecule has 2 aliphatic heterocycles. The summed E-state index contributed by atoms with van der Waals surface area (Å²) in [5.41, 5.74) is 0.343. The van der Waals surface area contributed by atoms with Crippen molar-refractivity contribution in [2.75, 3.05) is 0 Å². The van der Waals surface area contributed by atoms with E-state index >= 15 is 0 Å². The van der Waals surface area contributed by atoms with Gasteiger partial charge in [0, 0.05) is 0 Å². The summed E-state index contributed by atoms with van der Waals surface area (Å²) in [5, 5.41) is 0. The number of carbonyl (C=O) groups is 1. The molecule has 12 heavy (non-hydrogen) atoms. The molecular weight excluding hydrogens is 152 g/mol. The van der Waals surface area contributed by atoms with Crippen molar-refractivity contribution in [1.29, 1.82) is 0 Å². The molecule has 1 saturated heterocycles. The SMILES string of the molecule is O=C1C2CC=C3C=CC=CC13O2. The smallest absolute Gasteiger partial charge is 0.202 e. The van der Waals surface area contributed by atoms with E-state index in [1.165, 1.54) is 0 Å². The normalized spacial score (nSPS) is 41.8. The number of hydrogen-bond donors (Lipinski definition) is 0. The van der Waals surface area contributed by atoms with Crippen molar-refractivity contribution in [3.63, 3.8) is 0 Å². The third-order valence-electron chi connectivity index (χ3n) is 2.69. The summed E-state index contributed by atoms with van der Waals surface area (Å²) in [4.78, 5) is 11.5. The maximum absolute atomic E-state index is 11.5. The minimum absolute atomic E-state index is 0.162. The fourth-order valence-electron chi connectivity index (χ4n) is 2.03. The van der Waals surface area contributed by atoms with Crippen LogP contribution in [0.1, 0.15) is 6.42 Å². The fourth-order valence-corrected chi connectivity index (χ4v) is 2.03. The number of ether oxygens (including phenoxy) is 1. The first-order chi connectivity index (χ1) is 5.83. The lowest BCUT2D eigenvalue weighted by Gasteiger charge is -2.48. The molecule has 0 aromatic carbocycles. The number of fused-ring (bicyclic) bond motifs is 1. The van der Waals surface area contributed by atoms with Gasteiger partial charge in [-0.2, -0.15) is 0 Å². The van der Waals surface area contributed by atoms with Crippen molar-refractivity contribution in [2.45, 2.75) is 18.1 Å². The topological polar surface area (TPSA) is 26.3 Å². The lowest BCUT2D eigenvalue weighted by molar-refractivity contribution is -0.184. The largest absolute Gasteiger partial charge is 0.347 e. The maximum Gasteiger partial charge on any atom is 0.202 e. The van der Waals surface area contributed by atoms with Crippen molar-refractivity contribution < 1.29 is 9.53 Å². The van der Waals surface area contributed by atoms with Crippen LogP contribution in [0.25, 0.3) is 0 Å². The number of ketones is 1. The molecule has 1 spiro atoms. The van der Waals surface area contributed by atoms with Crippen LogP contribution < -0.4 is 0 Å². The Kier molecular flexibility index (Phi) is 0.943. The Labute approximate surface area is 70.2 Å². The van der Waals surface area contributed by atoms with E-state index in [0.29, 0.717) is 0 Å². The summed E-state index contributed by atoms with van der Waals surface area (Å²) in [5.74, 6) is 0.223. The summed E-state index contributed by atoms with van der Waals surface area (Å²) in [7, 11) is 0. The highest BCUT2D eigenvalue weighted by molar-refractivity contribution is 6.03. The molecule has 2 heteroatoms. The molecule has 0 radical (unpaired) electrons. The van der Waals surface area contributed by atoms with E-state index in [2.05, 4.69) is 6.08 Å². The number of allylic oxidation sites excluding steroid dienone is 2. The van der Waals surface area contributed by atoms with Crippen molar-refractivity contribution in [2.24, 2.45) is 0 Å². The van der Waals surface area contributed by atoms with Gasteiger partial charge in [0.2, 0.25) is 5.78 Å². The number of rotatable bonds is 0. The minimum Gasteiger partial charge on any atom is -0.347 e. The molecule has 0 N–H and O–H groups in total. The molecule has 0 aromatic heterocycles. The second kappa shape index (κ2) is 1.77. The van der Waals surface area contributed by atoms with Gasteiger partial charge in [0.05, 0.1) is 0 Å². The van der Waals surface area contributed by atoms with Crippen LogP contribution in [0, 0.1) is 0 Å². The number of carbonyl (C=O) groups excluding carboxylic acids is 1. The van der Waals surface area contributed by atoms with Crippen LogP contribution in [0.2, 0.25) is 0 Å². The molecule has 1 fully saturated rings. The van der Waals surface area contributed by atoms with Gasteiger partial charge in [0.15, 0.2) is 5.60 Å². The van der Waals surface area contributed by atoms with Crippen LogP contribution in [-0.4, -0.2) is 17.5 Å². The Balaban J connectivity index is 2.19. The fraction of sp³-hybridized carbons (Fsp3) is 0.300. The van der Waals surface area contributed by atoms with Crippen molar-refractivity contribution >= 4 is 5.78 Å². The average Bonchev–Trinajstić information content (AvgIpc) is 2.16. The Morgan fingerprint density at radius 3 is 3.17 bits per heavy atom. The van der Waals surface area contributed by atoms with Gasteiger partial charge in [0.25, 0.3) is 0 Å². The zero-order chi connectivity index (χ0) is 8.18. The molecule has 0 saturated carbocycles. The van der Waals surface area contributed by atoms with Crippen LogP contribution in [0.3, 0.4) is 0 Å². The number of Topliss-reactive ketones (excluding diaryl/α,β-unsaturated/α-hetero) is 1. The van der Waals surface area contributed by atoms with Crippen LogP contribution >= 0.6 is 0 Å². The molecule has 4 rings (SSSR count). The molecule has 60 valence electrons. The van der Waals surface area contributed by atoms with Crippen molar-refractivity contribution in [3.05, 3.63) is 36.0 Å². The maximum atomic E-state index is 11.5. The first-order valence-corrected chi connectivity index (χ1v) is 4.12. The molecule has 2 heterocycles. The highest BCUT2D eigenvalue weighted by Crippen LogP contribution is 2.44. The second-order valence-electron chi connectivity index (χ2n) is 3.32. The summed E-state index contributed by atoms with van der Waals surface area (Å²) >= 11 is 0. The van der Waals surface area contributed by atoms with Gasteiger partial charge in [0.1, 0.15) is 6.10 Å². The molecule has 2 bridgehead atoms. The van der Waals surface area contributed by atoms with E-state index in [9.17, 15) is 4.79 Å². The third-order valence-corrected chi connectivity index (χ3v) is 2.69. The summed E-state index contributed by atoms with van der Waals surface area (Å²) in [6, 6.07) is 0. The standard InChI is InChI=1S/C10H8O2/c11-9-8-5-4-7-3-1-2-6-10(7,9)12-8/h1-4,6,8H,5H2. The van der Waals surface area contributed by atoms with E-state index in [1.54, 1.807) is 0 Å². The molecular formula is C10H8O2. The van der Waals surface area contributed by atoms with Crippen LogP contribution in [0.5, 0.6) is 0 Å². The van der Waals surface area contributed by atoms with Gasteiger partial charge in [-0.05, 0) is 18.1 Å². The van der Waals surface area contributed by atoms with Gasteiger partial charge in [-0.15, -0.1) is 0 Å². The van der Waals surface area contributed by atoms with E-state index in [4.69, 9.17) is 4.74 Å². The molecule has 2 aliphatic carbocycles. The lowest BCUT2D eigenvalue weighted by atomic mass is 9.73. The molecule has 0 aromatic rings. The van der Waals surface area contributed by atoms with Gasteiger partial charge >= 0.3 is 0 Å². The Bertz CT molecular complexity index is 349. The minimum atomic E-state index is -0.669. The van der Waals surface area contributed by atoms with Crippen molar-refractivity contribution in [1.82, 2.24) is 0 Å². The molecule has 4 aliphatic rings. The second-order valence-corrected chi connectivity index (χ2v) is 3.32. The van der Waals surface area contributed by atoms with Crippen LogP contribution in [0.15, 0.2) is 36.0 Å². The third kappa shape index (κ3) is 0.505. The van der Waals surface area contributed by atoms with Crippen LogP contribution in [-0.2, 0) is 9.53 Å². The molecule has 2 unspecified atom stereocenters. The quantitative estimate of drug-likeness (QED) is 0.531. The Hall–Kier alpha value is -1.15.